The van der Waals surface area contributed by atoms with Crippen molar-refractivity contribution in [3.8, 4) is 12.1 Å². The van der Waals surface area contributed by atoms with Crippen molar-refractivity contribution in [1.29, 1.82) is 10.5 Å². The summed E-state index contributed by atoms with van der Waals surface area (Å²) in [5.74, 6) is -1.09. The van der Waals surface area contributed by atoms with Gasteiger partial charge in [0.25, 0.3) is 0 Å². The number of fused-ring (bicyclic) bond motifs is 1. The fourth-order valence-electron chi connectivity index (χ4n) is 4.90. The molecule has 0 bridgehead atoms. The molecule has 48 heavy (non-hydrogen) atoms. The second-order valence-corrected chi connectivity index (χ2v) is 12.1. The van der Waals surface area contributed by atoms with Crippen LogP contribution in [0, 0.1) is 22.7 Å². The summed E-state index contributed by atoms with van der Waals surface area (Å²) in [6.07, 6.45) is -0.428. The van der Waals surface area contributed by atoms with Crippen LogP contribution in [0.25, 0.3) is 5.65 Å². The van der Waals surface area contributed by atoms with Crippen molar-refractivity contribution in [2.24, 2.45) is 5.73 Å². The van der Waals surface area contributed by atoms with E-state index in [0.717, 1.165) is 0 Å². The number of nitriles is 2. The Kier molecular flexibility index (Phi) is 11.1. The van der Waals surface area contributed by atoms with Gasteiger partial charge in [0.15, 0.2) is 17.2 Å². The third-order valence-corrected chi connectivity index (χ3v) is 7.41. The van der Waals surface area contributed by atoms with Crippen LogP contribution in [0.2, 0.25) is 5.02 Å². The first kappa shape index (κ1) is 35.5. The Hall–Kier alpha value is -5.39. The van der Waals surface area contributed by atoms with Crippen LogP contribution in [-0.4, -0.2) is 88.1 Å². The summed E-state index contributed by atoms with van der Waals surface area (Å²) in [6.45, 7) is 7.82. The minimum Gasteiger partial charge on any atom is -0.459 e. The molecule has 254 valence electrons. The smallest absolute Gasteiger partial charge is 0.407 e. The second-order valence-electron chi connectivity index (χ2n) is 11.7. The Morgan fingerprint density at radius 3 is 2.62 bits per heavy atom. The minimum atomic E-state index is -1.26. The van der Waals surface area contributed by atoms with Crippen molar-refractivity contribution in [2.45, 2.75) is 64.3 Å². The number of piperidine rings is 1. The molecule has 4 rings (SSSR count). The van der Waals surface area contributed by atoms with Crippen molar-refractivity contribution < 1.29 is 28.6 Å². The number of imidazole rings is 1. The lowest BCUT2D eigenvalue weighted by Crippen LogP contribution is -2.56. The standard InChI is InChI=1S/C30H36ClN11O6/c1-6-35-25-26-36-14-17(13-33)42(26)40-28(39-25)37-20-9-16(12-32)10-21(24(20)31)41-8-7-19(38-29(45)46-5)22(15-41)47-23(43)11-18(34)27(44)48-30(2,3)4/h9-10,14,18-19,22H,6-8,11,15,34H2,1-5H3,(H,38,45)(H2,35,37,39,40)/t18?,19-,22-/m1/s1. The summed E-state index contributed by atoms with van der Waals surface area (Å²) >= 11 is 6.91. The van der Waals surface area contributed by atoms with Crippen LogP contribution in [-0.2, 0) is 23.8 Å². The molecule has 3 atom stereocenters. The van der Waals surface area contributed by atoms with Crippen LogP contribution in [0.4, 0.5) is 27.9 Å². The number of halogens is 1. The second kappa shape index (κ2) is 15.0. The lowest BCUT2D eigenvalue weighted by atomic mass is 10.00. The van der Waals surface area contributed by atoms with E-state index in [1.54, 1.807) is 31.7 Å². The zero-order valence-corrected chi connectivity index (χ0v) is 27.8. The fourth-order valence-corrected chi connectivity index (χ4v) is 5.18. The normalized spacial score (nSPS) is 16.6. The quantitative estimate of drug-likeness (QED) is 0.178. The van der Waals surface area contributed by atoms with Crippen LogP contribution < -0.4 is 26.6 Å². The summed E-state index contributed by atoms with van der Waals surface area (Å²) in [6, 6.07) is 5.33. The van der Waals surface area contributed by atoms with Crippen molar-refractivity contribution in [1.82, 2.24) is 24.9 Å². The molecular weight excluding hydrogens is 646 g/mol. The van der Waals surface area contributed by atoms with Crippen LogP contribution in [0.15, 0.2) is 18.3 Å². The van der Waals surface area contributed by atoms with E-state index in [1.807, 2.05) is 13.0 Å². The monoisotopic (exact) mass is 681 g/mol. The van der Waals surface area contributed by atoms with E-state index in [-0.39, 0.29) is 34.5 Å². The molecule has 17 nitrogen and oxygen atoms in total. The highest BCUT2D eigenvalue weighted by Crippen LogP contribution is 2.37. The van der Waals surface area contributed by atoms with Gasteiger partial charge in [-0.2, -0.15) is 20.0 Å². The number of carbonyl (C=O) groups is 3. The van der Waals surface area contributed by atoms with Gasteiger partial charge in [0.2, 0.25) is 5.95 Å². The Bertz CT molecular complexity index is 1780. The number of nitrogens with one attached hydrogen (secondary N) is 3. The molecule has 3 heterocycles. The summed E-state index contributed by atoms with van der Waals surface area (Å²) in [7, 11) is 1.21. The van der Waals surface area contributed by atoms with E-state index in [9.17, 15) is 24.9 Å². The zero-order chi connectivity index (χ0) is 35.2. The number of carbonyl (C=O) groups excluding carboxylic acids is 3. The van der Waals surface area contributed by atoms with E-state index >= 15 is 0 Å². The molecule has 1 aromatic carbocycles. The lowest BCUT2D eigenvalue weighted by Gasteiger charge is -2.39. The molecule has 3 aromatic rings. The van der Waals surface area contributed by atoms with Crippen LogP contribution in [0.1, 0.15) is 51.8 Å². The summed E-state index contributed by atoms with van der Waals surface area (Å²) < 4.78 is 17.1. The first-order valence-electron chi connectivity index (χ1n) is 14.9. The number of methoxy groups -OCH3 is 1. The highest BCUT2D eigenvalue weighted by Gasteiger charge is 2.36. The lowest BCUT2D eigenvalue weighted by molar-refractivity contribution is -0.161. The van der Waals surface area contributed by atoms with Gasteiger partial charge in [-0.1, -0.05) is 11.6 Å². The number of ether oxygens (including phenoxy) is 3. The molecule has 1 amide bonds. The van der Waals surface area contributed by atoms with Gasteiger partial charge in [0.1, 0.15) is 23.8 Å². The Labute approximate surface area is 281 Å². The van der Waals surface area contributed by atoms with Crippen molar-refractivity contribution in [3.05, 3.63) is 34.6 Å². The van der Waals surface area contributed by atoms with Gasteiger partial charge in [-0.05, 0) is 46.2 Å². The van der Waals surface area contributed by atoms with Gasteiger partial charge in [-0.3, -0.25) is 9.59 Å². The number of aromatic nitrogens is 4. The van der Waals surface area contributed by atoms with Crippen molar-refractivity contribution >= 4 is 58.4 Å². The van der Waals surface area contributed by atoms with Crippen molar-refractivity contribution in [3.63, 3.8) is 0 Å². The van der Waals surface area contributed by atoms with Gasteiger partial charge < -0.3 is 40.8 Å². The molecule has 1 aliphatic rings. The van der Waals surface area contributed by atoms with E-state index in [2.05, 4.69) is 37.1 Å². The third kappa shape index (κ3) is 8.49. The van der Waals surface area contributed by atoms with E-state index in [1.165, 1.54) is 23.9 Å². The number of hydrogen-bond acceptors (Lipinski definition) is 15. The number of amides is 1. The first-order valence-corrected chi connectivity index (χ1v) is 15.3. The molecule has 5 N–H and O–H groups in total. The molecule has 18 heteroatoms. The van der Waals surface area contributed by atoms with Crippen LogP contribution in [0.5, 0.6) is 0 Å². The molecule has 1 fully saturated rings. The van der Waals surface area contributed by atoms with Crippen LogP contribution in [0.3, 0.4) is 0 Å². The van der Waals surface area contributed by atoms with Crippen LogP contribution >= 0.6 is 11.6 Å². The maximum absolute atomic E-state index is 13.0. The molecule has 0 spiro atoms. The maximum atomic E-state index is 13.0. The van der Waals surface area contributed by atoms with E-state index in [4.69, 9.17) is 31.5 Å². The number of rotatable bonds is 10. The molecule has 1 unspecified atom stereocenters. The van der Waals surface area contributed by atoms with Gasteiger partial charge in [0, 0.05) is 13.1 Å². The number of anilines is 4. The molecule has 1 saturated heterocycles. The number of hydrogen-bond donors (Lipinski definition) is 4. The van der Waals surface area contributed by atoms with Gasteiger partial charge in [0.05, 0.1) is 60.3 Å². The van der Waals surface area contributed by atoms with Gasteiger partial charge in [-0.25, -0.2) is 9.78 Å². The molecule has 0 saturated carbocycles. The number of esters is 2. The Morgan fingerprint density at radius 2 is 1.98 bits per heavy atom. The Morgan fingerprint density at radius 1 is 1.23 bits per heavy atom. The molecule has 1 aliphatic heterocycles. The number of benzene rings is 1. The summed E-state index contributed by atoms with van der Waals surface area (Å²) in [5, 5.41) is 32.8. The number of nitrogens with zero attached hydrogens (tertiary/aromatic N) is 7. The van der Waals surface area contributed by atoms with E-state index in [0.29, 0.717) is 36.7 Å². The molecule has 2 aromatic heterocycles. The molecule has 0 aliphatic carbocycles. The molecular formula is C30H36ClN11O6. The average Bonchev–Trinajstić information content (AvgIpc) is 3.45. The molecule has 0 radical (unpaired) electrons. The number of alkyl carbamates (subject to hydrolysis) is 1. The summed E-state index contributed by atoms with van der Waals surface area (Å²) in [4.78, 5) is 47.9. The predicted octanol–water partition coefficient (Wildman–Crippen LogP) is 2.60. The average molecular weight is 682 g/mol. The van der Waals surface area contributed by atoms with E-state index < -0.39 is 48.2 Å². The van der Waals surface area contributed by atoms with Gasteiger partial charge >= 0.3 is 18.0 Å². The summed E-state index contributed by atoms with van der Waals surface area (Å²) in [5.41, 5.74) is 6.62. The van der Waals surface area contributed by atoms with Gasteiger partial charge in [-0.15, -0.1) is 5.10 Å². The topological polar surface area (TPSA) is 235 Å². The largest absolute Gasteiger partial charge is 0.459 e. The Balaban J connectivity index is 1.62. The first-order chi connectivity index (χ1) is 22.8. The highest BCUT2D eigenvalue weighted by molar-refractivity contribution is 6.36. The minimum absolute atomic E-state index is 0.0453. The SMILES string of the molecule is CCNc1nc(Nc2cc(C#N)cc(N3CC[C@@H](NC(=O)OC)[C@H](OC(=O)CC(N)C(=O)OC(C)(C)C)C3)c2Cl)nn2c(C#N)cnc12. The zero-order valence-electron chi connectivity index (χ0n) is 27.0. The highest BCUT2D eigenvalue weighted by atomic mass is 35.5. The number of nitrogens with two attached hydrogens (primary N) is 1. The maximum Gasteiger partial charge on any atom is 0.407 e. The third-order valence-electron chi connectivity index (χ3n) is 7.02. The fraction of sp³-hybridized carbons (Fsp3) is 0.467. The van der Waals surface area contributed by atoms with Crippen molar-refractivity contribution in [2.75, 3.05) is 42.3 Å². The predicted molar refractivity (Wildman–Crippen MR) is 174 cm³/mol.